The molecule has 0 aromatic heterocycles. The van der Waals surface area contributed by atoms with Gasteiger partial charge in [0.25, 0.3) is 0 Å². The maximum atomic E-state index is 12.3. The molecule has 0 aliphatic heterocycles. The van der Waals surface area contributed by atoms with E-state index < -0.39 is 0 Å². The van der Waals surface area contributed by atoms with Gasteiger partial charge >= 0.3 is 0 Å². The summed E-state index contributed by atoms with van der Waals surface area (Å²) in [5.74, 6) is -0.394. The smallest absolute Gasteiger partial charge is 0.244 e. The van der Waals surface area contributed by atoms with E-state index in [0.29, 0.717) is 17.3 Å². The third-order valence-corrected chi connectivity index (χ3v) is 3.99. The van der Waals surface area contributed by atoms with Crippen LogP contribution in [0.1, 0.15) is 12.5 Å². The fraction of sp³-hybridized carbons (Fsp3) is 0.263. The number of rotatable bonds is 6. The molecule has 0 atom stereocenters. The SMILES string of the molecule is CC(=O)N(CC(=O)Nc1ccc(N(C)C)cc1)Cc1ccc(Cl)cc1. The maximum Gasteiger partial charge on any atom is 0.244 e. The van der Waals surface area contributed by atoms with Gasteiger partial charge in [0.1, 0.15) is 6.54 Å². The quantitative estimate of drug-likeness (QED) is 0.860. The number of nitrogens with zero attached hydrogens (tertiary/aromatic N) is 2. The molecule has 0 fully saturated rings. The molecule has 0 radical (unpaired) electrons. The Hall–Kier alpha value is -2.53. The van der Waals surface area contributed by atoms with Crippen molar-refractivity contribution in [1.29, 1.82) is 0 Å². The lowest BCUT2D eigenvalue weighted by Gasteiger charge is -2.21. The zero-order chi connectivity index (χ0) is 18.4. The average Bonchev–Trinajstić information content (AvgIpc) is 2.56. The summed E-state index contributed by atoms with van der Waals surface area (Å²) in [6.07, 6.45) is 0. The number of benzene rings is 2. The number of halogens is 1. The molecule has 5 nitrogen and oxygen atoms in total. The van der Waals surface area contributed by atoms with Crippen molar-refractivity contribution in [2.45, 2.75) is 13.5 Å². The van der Waals surface area contributed by atoms with Crippen LogP contribution < -0.4 is 10.2 Å². The number of hydrogen-bond donors (Lipinski definition) is 1. The zero-order valence-electron chi connectivity index (χ0n) is 14.6. The van der Waals surface area contributed by atoms with Crippen LogP contribution in [0.3, 0.4) is 0 Å². The molecule has 0 bridgehead atoms. The molecule has 1 N–H and O–H groups in total. The molecule has 0 aliphatic carbocycles. The summed E-state index contributed by atoms with van der Waals surface area (Å²) in [6.45, 7) is 1.81. The van der Waals surface area contributed by atoms with E-state index in [1.54, 1.807) is 12.1 Å². The first kappa shape index (κ1) is 18.8. The molecule has 0 saturated heterocycles. The maximum absolute atomic E-state index is 12.3. The topological polar surface area (TPSA) is 52.7 Å². The molecule has 0 heterocycles. The van der Waals surface area contributed by atoms with Crippen molar-refractivity contribution in [2.75, 3.05) is 30.9 Å². The van der Waals surface area contributed by atoms with Gasteiger partial charge in [-0.1, -0.05) is 23.7 Å². The second-order valence-corrected chi connectivity index (χ2v) is 6.43. The van der Waals surface area contributed by atoms with Crippen molar-refractivity contribution >= 4 is 34.8 Å². The highest BCUT2D eigenvalue weighted by Gasteiger charge is 2.14. The van der Waals surface area contributed by atoms with Gasteiger partial charge in [-0.3, -0.25) is 9.59 Å². The minimum atomic E-state index is -0.234. The van der Waals surface area contributed by atoms with E-state index in [2.05, 4.69) is 5.32 Å². The molecule has 2 aromatic rings. The van der Waals surface area contributed by atoms with E-state index in [1.165, 1.54) is 11.8 Å². The lowest BCUT2D eigenvalue weighted by Crippen LogP contribution is -2.36. The Kier molecular flexibility index (Phi) is 6.42. The first-order valence-electron chi connectivity index (χ1n) is 7.92. The Morgan fingerprint density at radius 1 is 1.00 bits per heavy atom. The molecule has 2 aromatic carbocycles. The van der Waals surface area contributed by atoms with Crippen LogP contribution in [-0.4, -0.2) is 37.4 Å². The Labute approximate surface area is 153 Å². The molecule has 0 spiro atoms. The number of nitrogens with one attached hydrogen (secondary N) is 1. The van der Waals surface area contributed by atoms with Gasteiger partial charge in [0, 0.05) is 44.0 Å². The number of carbonyl (C=O) groups excluding carboxylic acids is 2. The number of hydrogen-bond acceptors (Lipinski definition) is 3. The summed E-state index contributed by atoms with van der Waals surface area (Å²) in [6, 6.07) is 14.7. The second-order valence-electron chi connectivity index (χ2n) is 5.99. The summed E-state index contributed by atoms with van der Waals surface area (Å²) in [5, 5.41) is 3.45. The van der Waals surface area contributed by atoms with E-state index in [0.717, 1.165) is 11.3 Å². The van der Waals surface area contributed by atoms with Crippen LogP contribution in [0.5, 0.6) is 0 Å². The standard InChI is InChI=1S/C19H22ClN3O2/c1-14(24)23(12-15-4-6-16(20)7-5-15)13-19(25)21-17-8-10-18(11-9-17)22(2)3/h4-11H,12-13H2,1-3H3,(H,21,25). The van der Waals surface area contributed by atoms with Crippen LogP contribution in [0.15, 0.2) is 48.5 Å². The first-order valence-corrected chi connectivity index (χ1v) is 8.30. The van der Waals surface area contributed by atoms with Crippen molar-refractivity contribution in [1.82, 2.24) is 4.90 Å². The lowest BCUT2D eigenvalue weighted by molar-refractivity contribution is -0.133. The average molecular weight is 360 g/mol. The first-order chi connectivity index (χ1) is 11.8. The largest absolute Gasteiger partial charge is 0.378 e. The molecular formula is C19H22ClN3O2. The highest BCUT2D eigenvalue weighted by Crippen LogP contribution is 2.16. The monoisotopic (exact) mass is 359 g/mol. The molecule has 25 heavy (non-hydrogen) atoms. The summed E-state index contributed by atoms with van der Waals surface area (Å²) in [5.41, 5.74) is 2.67. The summed E-state index contributed by atoms with van der Waals surface area (Å²) < 4.78 is 0. The zero-order valence-corrected chi connectivity index (χ0v) is 15.4. The Morgan fingerprint density at radius 3 is 2.12 bits per heavy atom. The van der Waals surface area contributed by atoms with Crippen molar-refractivity contribution in [3.63, 3.8) is 0 Å². The van der Waals surface area contributed by atoms with Gasteiger partial charge in [0.2, 0.25) is 11.8 Å². The van der Waals surface area contributed by atoms with Gasteiger partial charge in [0.05, 0.1) is 0 Å². The summed E-state index contributed by atoms with van der Waals surface area (Å²) in [4.78, 5) is 27.6. The summed E-state index contributed by atoms with van der Waals surface area (Å²) in [7, 11) is 3.91. The van der Waals surface area contributed by atoms with Gasteiger partial charge in [-0.2, -0.15) is 0 Å². The Bertz CT molecular complexity index is 727. The van der Waals surface area contributed by atoms with Gasteiger partial charge in [0.15, 0.2) is 0 Å². The van der Waals surface area contributed by atoms with Crippen LogP contribution in [0, 0.1) is 0 Å². The number of amides is 2. The van der Waals surface area contributed by atoms with Crippen molar-refractivity contribution in [3.8, 4) is 0 Å². The minimum absolute atomic E-state index is 0.00656. The third-order valence-electron chi connectivity index (χ3n) is 3.73. The molecule has 2 amide bonds. The van der Waals surface area contributed by atoms with Crippen molar-refractivity contribution in [2.24, 2.45) is 0 Å². The van der Waals surface area contributed by atoms with Crippen molar-refractivity contribution in [3.05, 3.63) is 59.1 Å². The van der Waals surface area contributed by atoms with Crippen LogP contribution >= 0.6 is 11.6 Å². The highest BCUT2D eigenvalue weighted by atomic mass is 35.5. The van der Waals surface area contributed by atoms with E-state index >= 15 is 0 Å². The highest BCUT2D eigenvalue weighted by molar-refractivity contribution is 6.30. The van der Waals surface area contributed by atoms with Crippen molar-refractivity contribution < 1.29 is 9.59 Å². The predicted octanol–water partition coefficient (Wildman–Crippen LogP) is 3.39. The number of carbonyl (C=O) groups is 2. The molecular weight excluding hydrogens is 338 g/mol. The van der Waals surface area contributed by atoms with Gasteiger partial charge in [-0.25, -0.2) is 0 Å². The molecule has 0 unspecified atom stereocenters. The van der Waals surface area contributed by atoms with Crippen LogP contribution in [-0.2, 0) is 16.1 Å². The molecule has 0 saturated carbocycles. The van der Waals surface area contributed by atoms with E-state index in [1.807, 2.05) is 55.4 Å². The molecule has 132 valence electrons. The predicted molar refractivity (Wildman–Crippen MR) is 102 cm³/mol. The minimum Gasteiger partial charge on any atom is -0.378 e. The summed E-state index contributed by atoms with van der Waals surface area (Å²) >= 11 is 5.87. The van der Waals surface area contributed by atoms with E-state index in [4.69, 9.17) is 11.6 Å². The molecule has 6 heteroatoms. The second kappa shape index (κ2) is 8.53. The Morgan fingerprint density at radius 2 is 1.60 bits per heavy atom. The molecule has 2 rings (SSSR count). The fourth-order valence-corrected chi connectivity index (χ4v) is 2.43. The van der Waals surface area contributed by atoms with Crippen LogP contribution in [0.25, 0.3) is 0 Å². The van der Waals surface area contributed by atoms with Crippen LogP contribution in [0.2, 0.25) is 5.02 Å². The fourth-order valence-electron chi connectivity index (χ4n) is 2.31. The van der Waals surface area contributed by atoms with Gasteiger partial charge in [-0.15, -0.1) is 0 Å². The molecule has 0 aliphatic rings. The van der Waals surface area contributed by atoms with Crippen LogP contribution in [0.4, 0.5) is 11.4 Å². The van der Waals surface area contributed by atoms with E-state index in [-0.39, 0.29) is 18.4 Å². The van der Waals surface area contributed by atoms with Gasteiger partial charge in [-0.05, 0) is 42.0 Å². The lowest BCUT2D eigenvalue weighted by atomic mass is 10.2. The van der Waals surface area contributed by atoms with Gasteiger partial charge < -0.3 is 15.1 Å². The third kappa shape index (κ3) is 5.80. The Balaban J connectivity index is 1.97. The van der Waals surface area contributed by atoms with E-state index in [9.17, 15) is 9.59 Å². The normalized spacial score (nSPS) is 10.2. The number of anilines is 2.